The average Bonchev–Trinajstić information content (AvgIpc) is 2.90. The number of benzene rings is 1. The fourth-order valence-electron chi connectivity index (χ4n) is 3.92. The minimum atomic E-state index is 0.0608. The molecule has 0 radical (unpaired) electrons. The topological polar surface area (TPSA) is 38.1 Å². The lowest BCUT2D eigenvalue weighted by atomic mass is 9.90. The van der Waals surface area contributed by atoms with Gasteiger partial charge >= 0.3 is 0 Å². The van der Waals surface area contributed by atoms with E-state index in [2.05, 4.69) is 37.3 Å². The summed E-state index contributed by atoms with van der Waals surface area (Å²) < 4.78 is 2.10. The van der Waals surface area contributed by atoms with Crippen LogP contribution in [-0.2, 0) is 6.54 Å². The number of carbonyl (C=O) groups is 1. The maximum absolute atomic E-state index is 12.9. The number of aromatic nitrogens is 2. The van der Waals surface area contributed by atoms with Crippen molar-refractivity contribution in [3.8, 4) is 0 Å². The van der Waals surface area contributed by atoms with Crippen molar-refractivity contribution in [3.63, 3.8) is 0 Å². The summed E-state index contributed by atoms with van der Waals surface area (Å²) in [6, 6.07) is 7.63. The molecule has 26 heavy (non-hydrogen) atoms. The van der Waals surface area contributed by atoms with Crippen LogP contribution in [0.2, 0.25) is 5.02 Å². The second-order valence-corrected chi connectivity index (χ2v) is 8.07. The molecule has 1 aliphatic rings. The molecule has 2 aromatic rings. The second kappa shape index (κ2) is 7.93. The van der Waals surface area contributed by atoms with Crippen LogP contribution in [0.5, 0.6) is 0 Å². The van der Waals surface area contributed by atoms with Gasteiger partial charge in [-0.15, -0.1) is 0 Å². The number of hydrogen-bond donors (Lipinski definition) is 0. The van der Waals surface area contributed by atoms with Crippen molar-refractivity contribution >= 4 is 17.4 Å². The number of likely N-dealkylation sites (tertiary alicyclic amines) is 1. The third-order valence-corrected chi connectivity index (χ3v) is 5.60. The van der Waals surface area contributed by atoms with Crippen molar-refractivity contribution in [2.45, 2.75) is 53.1 Å². The largest absolute Gasteiger partial charge is 0.298 e. The Bertz CT molecular complexity index is 779. The SMILES string of the molecule is Cc1nn(C(C)C)c(C)c1CN1CCC[C@H](C(=O)c2ccc(Cl)cc2)C1. The molecule has 1 aromatic carbocycles. The normalized spacial score (nSPS) is 18.5. The van der Waals surface area contributed by atoms with Gasteiger partial charge in [-0.1, -0.05) is 11.6 Å². The van der Waals surface area contributed by atoms with Gasteiger partial charge in [0.25, 0.3) is 0 Å². The van der Waals surface area contributed by atoms with Gasteiger partial charge in [0.15, 0.2) is 5.78 Å². The Kier molecular flexibility index (Phi) is 5.83. The predicted octanol–water partition coefficient (Wildman–Crippen LogP) is 4.83. The van der Waals surface area contributed by atoms with Crippen molar-refractivity contribution in [3.05, 3.63) is 51.8 Å². The molecule has 1 fully saturated rings. The summed E-state index contributed by atoms with van der Waals surface area (Å²) >= 11 is 5.94. The van der Waals surface area contributed by atoms with Gasteiger partial charge in [0.2, 0.25) is 0 Å². The molecule has 0 saturated carbocycles. The Morgan fingerprint density at radius 1 is 1.27 bits per heavy atom. The zero-order valence-electron chi connectivity index (χ0n) is 16.1. The van der Waals surface area contributed by atoms with Crippen LogP contribution in [0.3, 0.4) is 0 Å². The molecule has 0 unspecified atom stereocenters. The molecule has 1 atom stereocenters. The highest BCUT2D eigenvalue weighted by atomic mass is 35.5. The minimum absolute atomic E-state index is 0.0608. The number of hydrogen-bond acceptors (Lipinski definition) is 3. The van der Waals surface area contributed by atoms with E-state index in [4.69, 9.17) is 16.7 Å². The van der Waals surface area contributed by atoms with Gasteiger partial charge in [0, 0.05) is 46.9 Å². The first kappa shape index (κ1) is 19.1. The zero-order valence-corrected chi connectivity index (χ0v) is 16.9. The van der Waals surface area contributed by atoms with Gasteiger partial charge in [-0.3, -0.25) is 14.4 Å². The number of rotatable bonds is 5. The smallest absolute Gasteiger partial charge is 0.167 e. The third kappa shape index (κ3) is 4.02. The Labute approximate surface area is 161 Å². The third-order valence-electron chi connectivity index (χ3n) is 5.35. The second-order valence-electron chi connectivity index (χ2n) is 7.63. The van der Waals surface area contributed by atoms with Gasteiger partial charge < -0.3 is 0 Å². The first-order chi connectivity index (χ1) is 12.4. The lowest BCUT2D eigenvalue weighted by Crippen LogP contribution is -2.38. The minimum Gasteiger partial charge on any atom is -0.298 e. The predicted molar refractivity (Wildman–Crippen MR) is 106 cm³/mol. The number of ketones is 1. The highest BCUT2D eigenvalue weighted by molar-refractivity contribution is 6.30. The molecule has 0 aliphatic carbocycles. The Hall–Kier alpha value is -1.65. The molecule has 5 heteroatoms. The van der Waals surface area contributed by atoms with Gasteiger partial charge in [0.1, 0.15) is 0 Å². The molecule has 2 heterocycles. The molecule has 3 rings (SSSR count). The fraction of sp³-hybridized carbons (Fsp3) is 0.524. The molecule has 1 aromatic heterocycles. The summed E-state index contributed by atoms with van der Waals surface area (Å²) in [5, 5.41) is 5.36. The number of nitrogens with zero attached hydrogens (tertiary/aromatic N) is 3. The molecule has 4 nitrogen and oxygen atoms in total. The molecule has 1 aliphatic heterocycles. The van der Waals surface area contributed by atoms with Crippen molar-refractivity contribution in [2.24, 2.45) is 5.92 Å². The first-order valence-corrected chi connectivity index (χ1v) is 9.81. The van der Waals surface area contributed by atoms with E-state index in [0.29, 0.717) is 11.1 Å². The monoisotopic (exact) mass is 373 g/mol. The molecule has 0 bridgehead atoms. The number of carbonyl (C=O) groups excluding carboxylic acids is 1. The standard InChI is InChI=1S/C21H28ClN3O/c1-14(2)25-16(4)20(15(3)23-25)13-24-11-5-6-18(12-24)21(26)17-7-9-19(22)10-8-17/h7-10,14,18H,5-6,11-13H2,1-4H3/t18-/m0/s1. The van der Waals surface area contributed by atoms with Crippen molar-refractivity contribution < 1.29 is 4.79 Å². The highest BCUT2D eigenvalue weighted by Crippen LogP contribution is 2.25. The van der Waals surface area contributed by atoms with Crippen LogP contribution >= 0.6 is 11.6 Å². The van der Waals surface area contributed by atoms with Gasteiger partial charge in [-0.25, -0.2) is 0 Å². The van der Waals surface area contributed by atoms with E-state index in [9.17, 15) is 4.79 Å². The van der Waals surface area contributed by atoms with E-state index in [1.54, 1.807) is 12.1 Å². The van der Waals surface area contributed by atoms with E-state index in [0.717, 1.165) is 43.7 Å². The van der Waals surface area contributed by atoms with E-state index in [-0.39, 0.29) is 11.7 Å². The maximum Gasteiger partial charge on any atom is 0.167 e. The van der Waals surface area contributed by atoms with Crippen LogP contribution in [0.4, 0.5) is 0 Å². The highest BCUT2D eigenvalue weighted by Gasteiger charge is 2.27. The van der Waals surface area contributed by atoms with Gasteiger partial charge in [-0.2, -0.15) is 5.10 Å². The Morgan fingerprint density at radius 2 is 1.96 bits per heavy atom. The number of Topliss-reactive ketones (excluding diaryl/α,β-unsaturated/α-hetero) is 1. The van der Waals surface area contributed by atoms with Crippen LogP contribution < -0.4 is 0 Å². The van der Waals surface area contributed by atoms with E-state index in [1.807, 2.05) is 12.1 Å². The average molecular weight is 374 g/mol. The first-order valence-electron chi connectivity index (χ1n) is 9.43. The number of piperidine rings is 1. The van der Waals surface area contributed by atoms with Crippen molar-refractivity contribution in [1.82, 2.24) is 14.7 Å². The molecule has 0 spiro atoms. The number of halogens is 1. The van der Waals surface area contributed by atoms with Crippen LogP contribution in [0.15, 0.2) is 24.3 Å². The van der Waals surface area contributed by atoms with E-state index < -0.39 is 0 Å². The molecule has 0 amide bonds. The van der Waals surface area contributed by atoms with Gasteiger partial charge in [0.05, 0.1) is 5.69 Å². The number of aryl methyl sites for hydroxylation is 1. The lowest BCUT2D eigenvalue weighted by molar-refractivity contribution is 0.0811. The summed E-state index contributed by atoms with van der Waals surface area (Å²) in [5.41, 5.74) is 4.41. The van der Waals surface area contributed by atoms with Crippen molar-refractivity contribution in [1.29, 1.82) is 0 Å². The lowest BCUT2D eigenvalue weighted by Gasteiger charge is -2.32. The van der Waals surface area contributed by atoms with Crippen LogP contribution in [0.1, 0.15) is 60.0 Å². The van der Waals surface area contributed by atoms with Crippen LogP contribution in [0, 0.1) is 19.8 Å². The molecule has 140 valence electrons. The zero-order chi connectivity index (χ0) is 18.8. The molecule has 0 N–H and O–H groups in total. The van der Waals surface area contributed by atoms with Crippen LogP contribution in [0.25, 0.3) is 0 Å². The summed E-state index contributed by atoms with van der Waals surface area (Å²) in [7, 11) is 0. The Morgan fingerprint density at radius 3 is 2.58 bits per heavy atom. The Balaban J connectivity index is 1.71. The quantitative estimate of drug-likeness (QED) is 0.704. The summed E-state index contributed by atoms with van der Waals surface area (Å²) in [4.78, 5) is 15.3. The van der Waals surface area contributed by atoms with E-state index >= 15 is 0 Å². The van der Waals surface area contributed by atoms with E-state index in [1.165, 1.54) is 11.3 Å². The molecular formula is C21H28ClN3O. The summed E-state index contributed by atoms with van der Waals surface area (Å²) in [6.07, 6.45) is 2.02. The summed E-state index contributed by atoms with van der Waals surface area (Å²) in [5.74, 6) is 0.295. The molecular weight excluding hydrogens is 346 g/mol. The summed E-state index contributed by atoms with van der Waals surface area (Å²) in [6.45, 7) is 11.3. The molecule has 1 saturated heterocycles. The van der Waals surface area contributed by atoms with Gasteiger partial charge in [-0.05, 0) is 71.3 Å². The van der Waals surface area contributed by atoms with Crippen molar-refractivity contribution in [2.75, 3.05) is 13.1 Å². The fourth-order valence-corrected chi connectivity index (χ4v) is 4.04. The van der Waals surface area contributed by atoms with Crippen LogP contribution in [-0.4, -0.2) is 33.6 Å². The maximum atomic E-state index is 12.9.